The molecule has 2 unspecified atom stereocenters. The molecule has 0 N–H and O–H groups in total. The Hall–Kier alpha value is -1.35. The van der Waals surface area contributed by atoms with Gasteiger partial charge in [0.25, 0.3) is 0 Å². The van der Waals surface area contributed by atoms with Crippen molar-refractivity contribution < 1.29 is 4.74 Å². The summed E-state index contributed by atoms with van der Waals surface area (Å²) >= 11 is 0. The third-order valence-corrected chi connectivity index (χ3v) is 4.85. The second-order valence-electron chi connectivity index (χ2n) is 6.19. The lowest BCUT2D eigenvalue weighted by atomic mass is 9.79. The van der Waals surface area contributed by atoms with E-state index in [1.54, 1.807) is 0 Å². The fourth-order valence-electron chi connectivity index (χ4n) is 3.78. The lowest BCUT2D eigenvalue weighted by Gasteiger charge is -2.43. The van der Waals surface area contributed by atoms with Crippen LogP contribution in [0.5, 0.6) is 0 Å². The van der Waals surface area contributed by atoms with Crippen molar-refractivity contribution in [3.8, 4) is 0 Å². The average Bonchev–Trinajstić information content (AvgIpc) is 2.58. The average molecular weight is 332 g/mol. The molecule has 0 aromatic heterocycles. The summed E-state index contributed by atoms with van der Waals surface area (Å²) in [4.78, 5) is 2.47. The van der Waals surface area contributed by atoms with E-state index >= 15 is 0 Å². The molecular weight excluding hydrogens is 306 g/mol. The van der Waals surface area contributed by atoms with Crippen molar-refractivity contribution in [3.63, 3.8) is 0 Å². The van der Waals surface area contributed by atoms with Gasteiger partial charge in [0.15, 0.2) is 0 Å². The Morgan fingerprint density at radius 2 is 1.48 bits per heavy atom. The predicted molar refractivity (Wildman–Crippen MR) is 98.4 cm³/mol. The summed E-state index contributed by atoms with van der Waals surface area (Å²) in [7, 11) is 4.08. The van der Waals surface area contributed by atoms with Crippen molar-refractivity contribution >= 4 is 12.4 Å². The van der Waals surface area contributed by atoms with Crippen LogP contribution in [0.2, 0.25) is 0 Å². The Bertz CT molecular complexity index is 535. The van der Waals surface area contributed by atoms with Gasteiger partial charge in [-0.05, 0) is 37.6 Å². The van der Waals surface area contributed by atoms with E-state index in [4.69, 9.17) is 4.74 Å². The highest BCUT2D eigenvalue weighted by atomic mass is 35.5. The highest BCUT2D eigenvalue weighted by Gasteiger charge is 2.37. The SMILES string of the molecule is COC1CCCN(C)C1C(c1ccccc1)c1ccccc1.Cl. The molecule has 0 aliphatic carbocycles. The smallest absolute Gasteiger partial charge is 0.0736 e. The van der Waals surface area contributed by atoms with Gasteiger partial charge in [-0.2, -0.15) is 0 Å². The fourth-order valence-corrected chi connectivity index (χ4v) is 3.78. The first kappa shape index (κ1) is 18.0. The van der Waals surface area contributed by atoms with E-state index in [0.717, 1.165) is 13.0 Å². The quantitative estimate of drug-likeness (QED) is 0.826. The number of hydrogen-bond acceptors (Lipinski definition) is 2. The molecule has 1 heterocycles. The van der Waals surface area contributed by atoms with E-state index in [2.05, 4.69) is 72.6 Å². The number of methoxy groups -OCH3 is 1. The molecule has 124 valence electrons. The molecule has 0 saturated carbocycles. The molecule has 3 rings (SSSR count). The van der Waals surface area contributed by atoms with Crippen LogP contribution in [0.4, 0.5) is 0 Å². The van der Waals surface area contributed by atoms with Crippen LogP contribution >= 0.6 is 12.4 Å². The standard InChI is InChI=1S/C20H25NO.ClH/c1-21-15-9-14-18(22-2)20(21)19(16-10-5-3-6-11-16)17-12-7-4-8-13-17;/h3-8,10-13,18-20H,9,14-15H2,1-2H3;1H. The lowest BCUT2D eigenvalue weighted by Crippen LogP contribution is -2.50. The number of halogens is 1. The van der Waals surface area contributed by atoms with Gasteiger partial charge in [0.1, 0.15) is 0 Å². The highest BCUT2D eigenvalue weighted by molar-refractivity contribution is 5.85. The molecule has 0 radical (unpaired) electrons. The van der Waals surface area contributed by atoms with Gasteiger partial charge in [-0.25, -0.2) is 0 Å². The maximum atomic E-state index is 5.86. The largest absolute Gasteiger partial charge is 0.380 e. The number of piperidine rings is 1. The summed E-state index contributed by atoms with van der Waals surface area (Å²) in [6.45, 7) is 1.14. The molecule has 3 heteroatoms. The zero-order valence-corrected chi connectivity index (χ0v) is 14.7. The van der Waals surface area contributed by atoms with E-state index in [-0.39, 0.29) is 18.5 Å². The van der Waals surface area contributed by atoms with Crippen LogP contribution in [0.25, 0.3) is 0 Å². The number of likely N-dealkylation sites (N-methyl/N-ethyl adjacent to an activating group) is 1. The van der Waals surface area contributed by atoms with Crippen molar-refractivity contribution in [3.05, 3.63) is 71.8 Å². The number of hydrogen-bond donors (Lipinski definition) is 0. The van der Waals surface area contributed by atoms with E-state index in [9.17, 15) is 0 Å². The van der Waals surface area contributed by atoms with Crippen molar-refractivity contribution in [1.82, 2.24) is 4.90 Å². The molecule has 1 saturated heterocycles. The van der Waals surface area contributed by atoms with Crippen LogP contribution in [0.3, 0.4) is 0 Å². The first-order chi connectivity index (χ1) is 10.8. The highest BCUT2D eigenvalue weighted by Crippen LogP contribution is 2.36. The van der Waals surface area contributed by atoms with Crippen LogP contribution in [0, 0.1) is 0 Å². The van der Waals surface area contributed by atoms with Crippen LogP contribution < -0.4 is 0 Å². The Morgan fingerprint density at radius 1 is 0.957 bits per heavy atom. The Balaban J connectivity index is 0.00000192. The predicted octanol–water partition coefficient (Wildman–Crippen LogP) is 4.35. The van der Waals surface area contributed by atoms with E-state index in [1.165, 1.54) is 17.5 Å². The van der Waals surface area contributed by atoms with Gasteiger partial charge < -0.3 is 4.74 Å². The molecule has 2 aromatic rings. The maximum Gasteiger partial charge on any atom is 0.0736 e. The third kappa shape index (κ3) is 3.95. The van der Waals surface area contributed by atoms with Crippen molar-refractivity contribution in [2.24, 2.45) is 0 Å². The number of likely N-dealkylation sites (tertiary alicyclic amines) is 1. The summed E-state index contributed by atoms with van der Waals surface area (Å²) in [6.07, 6.45) is 2.63. The molecule has 1 aliphatic heterocycles. The minimum atomic E-state index is 0. The molecule has 2 aromatic carbocycles. The van der Waals surface area contributed by atoms with E-state index in [0.29, 0.717) is 12.0 Å². The number of rotatable bonds is 4. The molecule has 1 fully saturated rings. The van der Waals surface area contributed by atoms with Crippen molar-refractivity contribution in [2.75, 3.05) is 20.7 Å². The van der Waals surface area contributed by atoms with Gasteiger partial charge in [-0.3, -0.25) is 4.90 Å². The minimum absolute atomic E-state index is 0. The summed E-state index contributed by atoms with van der Waals surface area (Å²) in [6, 6.07) is 22.1. The van der Waals surface area contributed by atoms with Crippen LogP contribution in [0.15, 0.2) is 60.7 Å². The van der Waals surface area contributed by atoms with Gasteiger partial charge in [-0.1, -0.05) is 60.7 Å². The van der Waals surface area contributed by atoms with Crippen LogP contribution in [-0.4, -0.2) is 37.7 Å². The van der Waals surface area contributed by atoms with Crippen molar-refractivity contribution in [1.29, 1.82) is 0 Å². The summed E-state index contributed by atoms with van der Waals surface area (Å²) < 4.78 is 5.86. The molecule has 2 nitrogen and oxygen atoms in total. The van der Waals surface area contributed by atoms with Crippen LogP contribution in [-0.2, 0) is 4.74 Å². The Labute approximate surface area is 145 Å². The summed E-state index contributed by atoms with van der Waals surface area (Å²) in [5.41, 5.74) is 2.74. The number of benzene rings is 2. The number of ether oxygens (including phenoxy) is 1. The topological polar surface area (TPSA) is 12.5 Å². The first-order valence-corrected chi connectivity index (χ1v) is 8.14. The second-order valence-corrected chi connectivity index (χ2v) is 6.19. The molecule has 0 bridgehead atoms. The molecule has 0 amide bonds. The van der Waals surface area contributed by atoms with Crippen molar-refractivity contribution in [2.45, 2.75) is 30.9 Å². The van der Waals surface area contributed by atoms with E-state index < -0.39 is 0 Å². The zero-order valence-electron chi connectivity index (χ0n) is 13.9. The lowest BCUT2D eigenvalue weighted by molar-refractivity contribution is -0.0142. The van der Waals surface area contributed by atoms with Gasteiger partial charge in [0.05, 0.1) is 6.10 Å². The summed E-state index contributed by atoms with van der Waals surface area (Å²) in [5.74, 6) is 0.345. The second kappa shape index (κ2) is 8.49. The van der Waals surface area contributed by atoms with Gasteiger partial charge in [0, 0.05) is 19.1 Å². The number of nitrogens with zero attached hydrogens (tertiary/aromatic N) is 1. The molecular formula is C20H26ClNO. The Kier molecular flexibility index (Phi) is 6.64. The Morgan fingerprint density at radius 3 is 1.96 bits per heavy atom. The van der Waals surface area contributed by atoms with Crippen LogP contribution in [0.1, 0.15) is 29.9 Å². The molecule has 23 heavy (non-hydrogen) atoms. The monoisotopic (exact) mass is 331 g/mol. The van der Waals surface area contributed by atoms with Gasteiger partial charge in [0.2, 0.25) is 0 Å². The zero-order chi connectivity index (χ0) is 15.4. The van der Waals surface area contributed by atoms with Gasteiger partial charge in [-0.15, -0.1) is 12.4 Å². The minimum Gasteiger partial charge on any atom is -0.380 e. The third-order valence-electron chi connectivity index (χ3n) is 4.85. The van der Waals surface area contributed by atoms with E-state index in [1.807, 2.05) is 7.11 Å². The van der Waals surface area contributed by atoms with Gasteiger partial charge >= 0.3 is 0 Å². The molecule has 1 aliphatic rings. The fraction of sp³-hybridized carbons (Fsp3) is 0.400. The maximum absolute atomic E-state index is 5.86. The normalized spacial score (nSPS) is 21.9. The molecule has 0 spiro atoms. The first-order valence-electron chi connectivity index (χ1n) is 8.14. The summed E-state index contributed by atoms with van der Waals surface area (Å²) in [5, 5.41) is 0. The molecule has 2 atom stereocenters.